The fraction of sp³-hybridized carbons (Fsp3) is 0.368. The Morgan fingerprint density at radius 3 is 2.08 bits per heavy atom. The van der Waals surface area contributed by atoms with Gasteiger partial charge in [0.1, 0.15) is 11.5 Å². The van der Waals surface area contributed by atoms with Crippen LogP contribution in [0.15, 0.2) is 47.4 Å². The number of benzene rings is 2. The molecule has 0 amide bonds. The van der Waals surface area contributed by atoms with E-state index in [-0.39, 0.29) is 0 Å². The predicted molar refractivity (Wildman–Crippen MR) is 102 cm³/mol. The van der Waals surface area contributed by atoms with Gasteiger partial charge in [-0.05, 0) is 55.0 Å². The largest absolute Gasteiger partial charge is 0.497 e. The first-order valence-corrected chi connectivity index (χ1v) is 9.93. The standard InChI is InChI=1S/C19H24N2O4S/c1-15-14-18(8-9-19(15)25-3)26(22,23)21-12-10-20(11-13-21)16-4-6-17(24-2)7-5-16/h4-9,14H,10-13H2,1-3H3. The summed E-state index contributed by atoms with van der Waals surface area (Å²) in [7, 11) is -0.278. The Hall–Kier alpha value is -2.25. The van der Waals surface area contributed by atoms with Gasteiger partial charge in [-0.2, -0.15) is 4.31 Å². The lowest BCUT2D eigenvalue weighted by molar-refractivity contribution is 0.384. The summed E-state index contributed by atoms with van der Waals surface area (Å²) in [6.45, 7) is 4.07. The quantitative estimate of drug-likeness (QED) is 0.803. The molecule has 2 aromatic rings. The Kier molecular flexibility index (Phi) is 5.38. The summed E-state index contributed by atoms with van der Waals surface area (Å²) in [6, 6.07) is 12.8. The Labute approximate surface area is 155 Å². The van der Waals surface area contributed by atoms with Gasteiger partial charge in [-0.1, -0.05) is 0 Å². The second-order valence-corrected chi connectivity index (χ2v) is 8.16. The Morgan fingerprint density at radius 2 is 1.54 bits per heavy atom. The zero-order valence-electron chi connectivity index (χ0n) is 15.3. The lowest BCUT2D eigenvalue weighted by Crippen LogP contribution is -2.48. The molecule has 0 atom stereocenters. The third-order valence-electron chi connectivity index (χ3n) is 4.68. The van der Waals surface area contributed by atoms with Gasteiger partial charge in [-0.15, -0.1) is 0 Å². The van der Waals surface area contributed by atoms with Gasteiger partial charge in [0.15, 0.2) is 0 Å². The topological polar surface area (TPSA) is 59.1 Å². The zero-order chi connectivity index (χ0) is 18.7. The van der Waals surface area contributed by atoms with Gasteiger partial charge >= 0.3 is 0 Å². The van der Waals surface area contributed by atoms with Crippen LogP contribution in [0.1, 0.15) is 5.56 Å². The summed E-state index contributed by atoms with van der Waals surface area (Å²) in [6.07, 6.45) is 0. The van der Waals surface area contributed by atoms with E-state index in [1.54, 1.807) is 36.7 Å². The molecule has 26 heavy (non-hydrogen) atoms. The molecule has 1 saturated heterocycles. The summed E-state index contributed by atoms with van der Waals surface area (Å²) in [5, 5.41) is 0. The number of nitrogens with zero attached hydrogens (tertiary/aromatic N) is 2. The number of methoxy groups -OCH3 is 2. The van der Waals surface area contributed by atoms with Crippen LogP contribution in [0.3, 0.4) is 0 Å². The number of hydrogen-bond donors (Lipinski definition) is 0. The van der Waals surface area contributed by atoms with Crippen molar-refractivity contribution >= 4 is 15.7 Å². The van der Waals surface area contributed by atoms with Crippen LogP contribution in [0.25, 0.3) is 0 Å². The molecule has 0 spiro atoms. The molecule has 0 saturated carbocycles. The molecule has 2 aromatic carbocycles. The first-order valence-electron chi connectivity index (χ1n) is 8.49. The number of anilines is 1. The van der Waals surface area contributed by atoms with Crippen LogP contribution in [-0.4, -0.2) is 53.1 Å². The van der Waals surface area contributed by atoms with E-state index >= 15 is 0 Å². The minimum absolute atomic E-state index is 0.314. The molecule has 0 bridgehead atoms. The fourth-order valence-corrected chi connectivity index (χ4v) is 4.65. The molecule has 0 radical (unpaired) electrons. The van der Waals surface area contributed by atoms with E-state index in [1.807, 2.05) is 31.2 Å². The smallest absolute Gasteiger partial charge is 0.243 e. The Morgan fingerprint density at radius 1 is 0.885 bits per heavy atom. The minimum atomic E-state index is -3.49. The van der Waals surface area contributed by atoms with Gasteiger partial charge in [0.05, 0.1) is 19.1 Å². The van der Waals surface area contributed by atoms with Gasteiger partial charge in [0.25, 0.3) is 0 Å². The molecule has 7 heteroatoms. The van der Waals surface area contributed by atoms with Crippen LogP contribution in [0.2, 0.25) is 0 Å². The van der Waals surface area contributed by atoms with Crippen LogP contribution in [0, 0.1) is 6.92 Å². The monoisotopic (exact) mass is 376 g/mol. The fourth-order valence-electron chi connectivity index (χ4n) is 3.14. The highest BCUT2D eigenvalue weighted by Gasteiger charge is 2.29. The van der Waals surface area contributed by atoms with Crippen LogP contribution >= 0.6 is 0 Å². The van der Waals surface area contributed by atoms with E-state index in [0.29, 0.717) is 36.8 Å². The van der Waals surface area contributed by atoms with E-state index in [4.69, 9.17) is 9.47 Å². The van der Waals surface area contributed by atoms with Crippen LogP contribution in [0.4, 0.5) is 5.69 Å². The summed E-state index contributed by atoms with van der Waals surface area (Å²) < 4.78 is 37.8. The van der Waals surface area contributed by atoms with Crippen molar-refractivity contribution in [2.75, 3.05) is 45.3 Å². The van der Waals surface area contributed by atoms with E-state index < -0.39 is 10.0 Å². The molecule has 0 unspecified atom stereocenters. The molecular formula is C19H24N2O4S. The molecule has 1 heterocycles. The van der Waals surface area contributed by atoms with Gasteiger partial charge in [-0.3, -0.25) is 0 Å². The molecule has 0 N–H and O–H groups in total. The SMILES string of the molecule is COc1ccc(N2CCN(S(=O)(=O)c3ccc(OC)c(C)c3)CC2)cc1. The Balaban J connectivity index is 1.71. The molecule has 6 nitrogen and oxygen atoms in total. The van der Waals surface area contributed by atoms with E-state index in [2.05, 4.69) is 4.90 Å². The van der Waals surface area contributed by atoms with E-state index in [0.717, 1.165) is 17.0 Å². The van der Waals surface area contributed by atoms with Gasteiger partial charge < -0.3 is 14.4 Å². The third kappa shape index (κ3) is 3.64. The van der Waals surface area contributed by atoms with E-state index in [1.165, 1.54) is 0 Å². The number of hydrogen-bond acceptors (Lipinski definition) is 5. The number of sulfonamides is 1. The van der Waals surface area contributed by atoms with Crippen LogP contribution < -0.4 is 14.4 Å². The number of piperazine rings is 1. The number of rotatable bonds is 5. The van der Waals surface area contributed by atoms with Crippen molar-refractivity contribution in [3.63, 3.8) is 0 Å². The van der Waals surface area contributed by atoms with Crippen molar-refractivity contribution in [2.24, 2.45) is 0 Å². The number of ether oxygens (including phenoxy) is 2. The van der Waals surface area contributed by atoms with E-state index in [9.17, 15) is 8.42 Å². The van der Waals surface area contributed by atoms with Crippen molar-refractivity contribution in [1.29, 1.82) is 0 Å². The summed E-state index contributed by atoms with van der Waals surface area (Å²) in [5.41, 5.74) is 1.88. The highest BCUT2D eigenvalue weighted by atomic mass is 32.2. The second kappa shape index (κ2) is 7.55. The molecule has 3 rings (SSSR count). The maximum Gasteiger partial charge on any atom is 0.243 e. The molecule has 0 aliphatic carbocycles. The second-order valence-electron chi connectivity index (χ2n) is 6.22. The molecular weight excluding hydrogens is 352 g/mol. The highest BCUT2D eigenvalue weighted by Crippen LogP contribution is 2.26. The van der Waals surface area contributed by atoms with Crippen LogP contribution in [-0.2, 0) is 10.0 Å². The first-order chi connectivity index (χ1) is 12.5. The zero-order valence-corrected chi connectivity index (χ0v) is 16.1. The average molecular weight is 376 g/mol. The molecule has 1 fully saturated rings. The van der Waals surface area contributed by atoms with Crippen molar-refractivity contribution < 1.29 is 17.9 Å². The first kappa shape index (κ1) is 18.5. The molecule has 140 valence electrons. The van der Waals surface area contributed by atoms with Crippen LogP contribution in [0.5, 0.6) is 11.5 Å². The lowest BCUT2D eigenvalue weighted by Gasteiger charge is -2.35. The van der Waals surface area contributed by atoms with Crippen molar-refractivity contribution in [2.45, 2.75) is 11.8 Å². The van der Waals surface area contributed by atoms with Gasteiger partial charge in [-0.25, -0.2) is 8.42 Å². The van der Waals surface area contributed by atoms with Crippen molar-refractivity contribution in [3.05, 3.63) is 48.0 Å². The maximum atomic E-state index is 12.9. The minimum Gasteiger partial charge on any atom is -0.497 e. The molecule has 1 aliphatic heterocycles. The van der Waals surface area contributed by atoms with Crippen molar-refractivity contribution in [3.8, 4) is 11.5 Å². The molecule has 1 aliphatic rings. The normalized spacial score (nSPS) is 15.7. The predicted octanol–water partition coefficient (Wildman–Crippen LogP) is 2.52. The lowest BCUT2D eigenvalue weighted by atomic mass is 10.2. The van der Waals surface area contributed by atoms with Gasteiger partial charge in [0, 0.05) is 31.9 Å². The third-order valence-corrected chi connectivity index (χ3v) is 6.57. The number of aryl methyl sites for hydroxylation is 1. The van der Waals surface area contributed by atoms with Gasteiger partial charge in [0.2, 0.25) is 10.0 Å². The summed E-state index contributed by atoms with van der Waals surface area (Å²) in [5.74, 6) is 1.50. The summed E-state index contributed by atoms with van der Waals surface area (Å²) >= 11 is 0. The molecule has 0 aromatic heterocycles. The summed E-state index contributed by atoms with van der Waals surface area (Å²) in [4.78, 5) is 2.50. The van der Waals surface area contributed by atoms with Crippen molar-refractivity contribution in [1.82, 2.24) is 4.31 Å². The maximum absolute atomic E-state index is 12.9. The average Bonchev–Trinajstić information content (AvgIpc) is 2.68. The highest BCUT2D eigenvalue weighted by molar-refractivity contribution is 7.89. The Bertz CT molecular complexity index is 858.